The largest absolute Gasteiger partial charge is 0.477 e. The van der Waals surface area contributed by atoms with Crippen molar-refractivity contribution in [3.8, 4) is 0 Å². The number of rotatable bonds is 7. The highest BCUT2D eigenvalue weighted by Gasteiger charge is 2.51. The number of ether oxygens (including phenoxy) is 4. The monoisotopic (exact) mass is 416 g/mol. The molecule has 0 bridgehead atoms. The van der Waals surface area contributed by atoms with Gasteiger partial charge in [-0.2, -0.15) is 0 Å². The Balaban J connectivity index is 2.19. The normalized spacial score (nSPS) is 45.6. The Hall–Kier alpha value is -1.01. The van der Waals surface area contributed by atoms with E-state index in [2.05, 4.69) is 0 Å². The summed E-state index contributed by atoms with van der Waals surface area (Å²) in [4.78, 5) is 10.7. The summed E-state index contributed by atoms with van der Waals surface area (Å²) >= 11 is 0. The standard InChI is InChI=1S/C14H24O14/c15-1-3-5(17)10(27-13(24)11(21)22)8(20)14(26-3)28-9-4(2-16)25-12(23)7(19)6(9)18/h3-10,12-20,23-24H,1-2H2,(H,21,22). The van der Waals surface area contributed by atoms with Crippen LogP contribution in [0, 0.1) is 0 Å². The van der Waals surface area contributed by atoms with Gasteiger partial charge in [-0.1, -0.05) is 0 Å². The van der Waals surface area contributed by atoms with Gasteiger partial charge in [0.15, 0.2) is 12.6 Å². The first-order chi connectivity index (χ1) is 13.1. The van der Waals surface area contributed by atoms with Crippen LogP contribution in [0.4, 0.5) is 0 Å². The van der Waals surface area contributed by atoms with Crippen molar-refractivity contribution in [3.63, 3.8) is 0 Å². The predicted octanol–water partition coefficient (Wildman–Crippen LogP) is -5.97. The molecule has 2 saturated heterocycles. The summed E-state index contributed by atoms with van der Waals surface area (Å²) in [5, 5.41) is 86.3. The minimum atomic E-state index is -2.42. The lowest BCUT2D eigenvalue weighted by Gasteiger charge is -2.46. The molecule has 2 heterocycles. The first-order valence-electron chi connectivity index (χ1n) is 8.27. The number of hydrogen-bond acceptors (Lipinski definition) is 13. The van der Waals surface area contributed by atoms with Crippen LogP contribution in [-0.4, -0.2) is 133 Å². The van der Waals surface area contributed by atoms with Crippen LogP contribution in [0.15, 0.2) is 0 Å². The van der Waals surface area contributed by atoms with Crippen molar-refractivity contribution in [2.75, 3.05) is 13.2 Å². The lowest BCUT2D eigenvalue weighted by atomic mass is 9.97. The third-order valence-electron chi connectivity index (χ3n) is 4.45. The van der Waals surface area contributed by atoms with Crippen molar-refractivity contribution in [2.24, 2.45) is 0 Å². The molecule has 0 aliphatic carbocycles. The molecule has 0 aromatic heterocycles. The Morgan fingerprint density at radius 3 is 2.00 bits per heavy atom. The number of aliphatic hydroxyl groups excluding tert-OH is 8. The minimum Gasteiger partial charge on any atom is -0.477 e. The zero-order valence-electron chi connectivity index (χ0n) is 14.3. The van der Waals surface area contributed by atoms with E-state index in [1.807, 2.05) is 0 Å². The third-order valence-corrected chi connectivity index (χ3v) is 4.45. The lowest BCUT2D eigenvalue weighted by Crippen LogP contribution is -2.65. The van der Waals surface area contributed by atoms with Gasteiger partial charge in [-0.15, -0.1) is 0 Å². The van der Waals surface area contributed by atoms with Gasteiger partial charge < -0.3 is 64.9 Å². The van der Waals surface area contributed by atoms with Crippen LogP contribution in [0.3, 0.4) is 0 Å². The van der Waals surface area contributed by atoms with E-state index in [1.165, 1.54) is 0 Å². The van der Waals surface area contributed by atoms with Crippen molar-refractivity contribution >= 4 is 5.97 Å². The molecule has 14 nitrogen and oxygen atoms in total. The number of carbonyl (C=O) groups is 1. The van der Waals surface area contributed by atoms with Gasteiger partial charge in [0.05, 0.1) is 13.2 Å². The van der Waals surface area contributed by atoms with Crippen LogP contribution >= 0.6 is 0 Å². The molecule has 2 rings (SSSR count). The fourth-order valence-electron chi connectivity index (χ4n) is 2.92. The zero-order valence-corrected chi connectivity index (χ0v) is 14.3. The molecule has 2 aliphatic rings. The molecular formula is C14H24O14. The molecule has 11 unspecified atom stereocenters. The number of hydrogen-bond donors (Lipinski definition) is 9. The van der Waals surface area contributed by atoms with E-state index in [1.54, 1.807) is 0 Å². The van der Waals surface area contributed by atoms with E-state index in [9.17, 15) is 45.6 Å². The second-order valence-electron chi connectivity index (χ2n) is 6.33. The Bertz CT molecular complexity index is 516. The van der Waals surface area contributed by atoms with E-state index in [0.717, 1.165) is 0 Å². The van der Waals surface area contributed by atoms with Crippen LogP contribution in [0.25, 0.3) is 0 Å². The summed E-state index contributed by atoms with van der Waals surface area (Å²) in [5.74, 6) is -1.81. The SMILES string of the molecule is O=C(O)C(O)OC1C(O)C(CO)OC(OC2C(CO)OC(O)C(O)C2O)C1O. The quantitative estimate of drug-likeness (QED) is 0.176. The summed E-state index contributed by atoms with van der Waals surface area (Å²) in [6.07, 6.45) is -19.4. The Kier molecular flexibility index (Phi) is 8.03. The van der Waals surface area contributed by atoms with Crippen molar-refractivity contribution < 1.29 is 69.7 Å². The smallest absolute Gasteiger partial charge is 0.360 e. The Labute approximate surface area is 157 Å². The maximum absolute atomic E-state index is 10.7. The van der Waals surface area contributed by atoms with Crippen molar-refractivity contribution in [1.82, 2.24) is 0 Å². The van der Waals surface area contributed by atoms with E-state index >= 15 is 0 Å². The van der Waals surface area contributed by atoms with Gasteiger partial charge in [-0.05, 0) is 0 Å². The van der Waals surface area contributed by atoms with Crippen LogP contribution in [0.2, 0.25) is 0 Å². The summed E-state index contributed by atoms with van der Waals surface area (Å²) in [5.41, 5.74) is 0. The van der Waals surface area contributed by atoms with Gasteiger partial charge in [0.1, 0.15) is 48.8 Å². The fraction of sp³-hybridized carbons (Fsp3) is 0.929. The van der Waals surface area contributed by atoms with Gasteiger partial charge in [0.2, 0.25) is 0 Å². The Morgan fingerprint density at radius 1 is 0.857 bits per heavy atom. The molecule has 14 heteroatoms. The highest BCUT2D eigenvalue weighted by atomic mass is 16.7. The summed E-state index contributed by atoms with van der Waals surface area (Å²) in [7, 11) is 0. The van der Waals surface area contributed by atoms with Crippen LogP contribution in [0.1, 0.15) is 0 Å². The molecule has 2 fully saturated rings. The van der Waals surface area contributed by atoms with Gasteiger partial charge in [-0.25, -0.2) is 4.79 Å². The average molecular weight is 416 g/mol. The van der Waals surface area contributed by atoms with Gasteiger partial charge >= 0.3 is 5.97 Å². The van der Waals surface area contributed by atoms with Crippen molar-refractivity contribution in [3.05, 3.63) is 0 Å². The molecule has 164 valence electrons. The van der Waals surface area contributed by atoms with Gasteiger partial charge in [0.25, 0.3) is 6.29 Å². The second-order valence-corrected chi connectivity index (χ2v) is 6.33. The van der Waals surface area contributed by atoms with Crippen LogP contribution < -0.4 is 0 Å². The van der Waals surface area contributed by atoms with E-state index in [-0.39, 0.29) is 0 Å². The van der Waals surface area contributed by atoms with Crippen molar-refractivity contribution in [2.45, 2.75) is 67.7 Å². The average Bonchev–Trinajstić information content (AvgIpc) is 2.66. The molecule has 9 N–H and O–H groups in total. The lowest BCUT2D eigenvalue weighted by molar-refractivity contribution is -0.363. The molecule has 0 amide bonds. The van der Waals surface area contributed by atoms with E-state index in [4.69, 9.17) is 24.1 Å². The van der Waals surface area contributed by atoms with Crippen LogP contribution in [-0.2, 0) is 23.7 Å². The number of carboxylic acids is 1. The molecule has 0 aromatic carbocycles. The van der Waals surface area contributed by atoms with E-state index < -0.39 is 86.9 Å². The van der Waals surface area contributed by atoms with E-state index in [0.29, 0.717) is 0 Å². The first-order valence-corrected chi connectivity index (χ1v) is 8.27. The number of aliphatic hydroxyl groups is 8. The molecule has 28 heavy (non-hydrogen) atoms. The summed E-state index contributed by atoms with van der Waals surface area (Å²) in [6, 6.07) is 0. The molecule has 2 aliphatic heterocycles. The maximum atomic E-state index is 10.7. The van der Waals surface area contributed by atoms with Crippen LogP contribution in [0.5, 0.6) is 0 Å². The molecule has 0 saturated carbocycles. The van der Waals surface area contributed by atoms with Crippen molar-refractivity contribution in [1.29, 1.82) is 0 Å². The highest BCUT2D eigenvalue weighted by Crippen LogP contribution is 2.30. The molecule has 0 spiro atoms. The second kappa shape index (κ2) is 9.66. The highest BCUT2D eigenvalue weighted by molar-refractivity contribution is 5.70. The minimum absolute atomic E-state index is 0.766. The van der Waals surface area contributed by atoms with Gasteiger partial charge in [-0.3, -0.25) is 0 Å². The van der Waals surface area contributed by atoms with Gasteiger partial charge in [0, 0.05) is 0 Å². The number of carboxylic acid groups (broad SMARTS) is 1. The first kappa shape index (κ1) is 23.3. The molecular weight excluding hydrogens is 392 g/mol. The third kappa shape index (κ3) is 4.76. The maximum Gasteiger partial charge on any atom is 0.360 e. The number of aliphatic carboxylic acids is 1. The molecule has 0 aromatic rings. The molecule has 11 atom stereocenters. The summed E-state index contributed by atoms with van der Waals surface area (Å²) in [6.45, 7) is -1.58. The molecule has 0 radical (unpaired) electrons. The Morgan fingerprint density at radius 2 is 1.46 bits per heavy atom. The fourth-order valence-corrected chi connectivity index (χ4v) is 2.92. The zero-order chi connectivity index (χ0) is 21.2. The topological polar surface area (TPSA) is 236 Å². The summed E-state index contributed by atoms with van der Waals surface area (Å²) < 4.78 is 20.1. The predicted molar refractivity (Wildman–Crippen MR) is 81.1 cm³/mol.